The van der Waals surface area contributed by atoms with E-state index in [4.69, 9.17) is 17.0 Å². The van der Waals surface area contributed by atoms with Crippen molar-refractivity contribution in [3.63, 3.8) is 0 Å². The molecular weight excluding hydrogens is 444 g/mol. The molecular formula is C20H17BrN2O4S. The molecule has 8 heteroatoms. The van der Waals surface area contributed by atoms with Crippen molar-refractivity contribution in [1.29, 1.82) is 0 Å². The number of hydrogen-bond donors (Lipinski definition) is 2. The Morgan fingerprint density at radius 2 is 1.79 bits per heavy atom. The predicted octanol–water partition coefficient (Wildman–Crippen LogP) is 3.61. The number of phenolic OH excluding ortho intramolecular Hbond substituents is 1. The van der Waals surface area contributed by atoms with Gasteiger partial charge in [0.05, 0.1) is 12.8 Å². The van der Waals surface area contributed by atoms with E-state index < -0.39 is 11.8 Å². The number of halogens is 1. The molecule has 0 bridgehead atoms. The summed E-state index contributed by atoms with van der Waals surface area (Å²) in [4.78, 5) is 26.9. The number of hydrogen-bond acceptors (Lipinski definition) is 5. The standard InChI is InChI=1S/C20H17BrN2O4S/c1-10-4-11(2)6-13(5-10)23-19(26)14(18(25)22-20(23)28)7-12-8-17(27-3)16(24)9-15(12)21/h4-9,24H,1-3H3,(H,22,25,28)/b14-7+. The number of benzene rings is 2. The second-order valence-corrected chi connectivity index (χ2v) is 7.59. The number of thiocarbonyl (C=S) groups is 1. The average molecular weight is 461 g/mol. The lowest BCUT2D eigenvalue weighted by molar-refractivity contribution is -0.122. The first-order valence-corrected chi connectivity index (χ1v) is 9.47. The summed E-state index contributed by atoms with van der Waals surface area (Å²) in [6, 6.07) is 8.59. The Labute approximate surface area is 175 Å². The van der Waals surface area contributed by atoms with Gasteiger partial charge in [0.15, 0.2) is 16.6 Å². The zero-order valence-corrected chi connectivity index (χ0v) is 17.8. The van der Waals surface area contributed by atoms with Gasteiger partial charge in [0, 0.05) is 4.47 Å². The van der Waals surface area contributed by atoms with Crippen LogP contribution in [0.5, 0.6) is 11.5 Å². The number of methoxy groups -OCH3 is 1. The molecule has 1 aliphatic rings. The first kappa shape index (κ1) is 20.0. The molecule has 0 unspecified atom stereocenters. The molecule has 0 atom stereocenters. The highest BCUT2D eigenvalue weighted by Crippen LogP contribution is 2.34. The van der Waals surface area contributed by atoms with Crippen molar-refractivity contribution in [2.75, 3.05) is 12.0 Å². The van der Waals surface area contributed by atoms with Gasteiger partial charge in [-0.3, -0.25) is 19.8 Å². The highest BCUT2D eigenvalue weighted by Gasteiger charge is 2.34. The van der Waals surface area contributed by atoms with Gasteiger partial charge in [0.2, 0.25) is 0 Å². The second kappa shape index (κ2) is 7.73. The Kier molecular flexibility index (Phi) is 5.53. The third-order valence-electron chi connectivity index (χ3n) is 4.16. The van der Waals surface area contributed by atoms with E-state index in [1.165, 1.54) is 30.2 Å². The Hall–Kier alpha value is -2.71. The number of amides is 2. The van der Waals surface area contributed by atoms with Gasteiger partial charge in [-0.15, -0.1) is 0 Å². The number of aryl methyl sites for hydroxylation is 2. The molecule has 3 rings (SSSR count). The number of ether oxygens (including phenoxy) is 1. The summed E-state index contributed by atoms with van der Waals surface area (Å²) < 4.78 is 5.61. The number of anilines is 1. The number of phenols is 1. The molecule has 0 spiro atoms. The summed E-state index contributed by atoms with van der Waals surface area (Å²) >= 11 is 8.56. The predicted molar refractivity (Wildman–Crippen MR) is 114 cm³/mol. The van der Waals surface area contributed by atoms with E-state index >= 15 is 0 Å². The molecule has 0 saturated carbocycles. The Morgan fingerprint density at radius 3 is 2.39 bits per heavy atom. The average Bonchev–Trinajstić information content (AvgIpc) is 2.59. The van der Waals surface area contributed by atoms with Crippen LogP contribution in [0.25, 0.3) is 6.08 Å². The molecule has 0 radical (unpaired) electrons. The minimum Gasteiger partial charge on any atom is -0.504 e. The van der Waals surface area contributed by atoms with Crippen LogP contribution in [0.4, 0.5) is 5.69 Å². The lowest BCUT2D eigenvalue weighted by atomic mass is 10.1. The van der Waals surface area contributed by atoms with Crippen LogP contribution in [0, 0.1) is 13.8 Å². The smallest absolute Gasteiger partial charge is 0.270 e. The number of nitrogens with zero attached hydrogens (tertiary/aromatic N) is 1. The number of carbonyl (C=O) groups excluding carboxylic acids is 2. The van der Waals surface area contributed by atoms with E-state index in [9.17, 15) is 14.7 Å². The van der Waals surface area contributed by atoms with Crippen LogP contribution >= 0.6 is 28.1 Å². The molecule has 1 fully saturated rings. The van der Waals surface area contributed by atoms with Crippen molar-refractivity contribution >= 4 is 56.8 Å². The van der Waals surface area contributed by atoms with E-state index in [0.29, 0.717) is 15.7 Å². The molecule has 0 aromatic heterocycles. The Bertz CT molecular complexity index is 1030. The Morgan fingerprint density at radius 1 is 1.14 bits per heavy atom. The zero-order chi connectivity index (χ0) is 20.6. The molecule has 1 aliphatic heterocycles. The van der Waals surface area contributed by atoms with E-state index in [1.54, 1.807) is 0 Å². The molecule has 2 amide bonds. The molecule has 28 heavy (non-hydrogen) atoms. The Balaban J connectivity index is 2.09. The molecule has 1 saturated heterocycles. The fraction of sp³-hybridized carbons (Fsp3) is 0.150. The van der Waals surface area contributed by atoms with Crippen molar-refractivity contribution in [1.82, 2.24) is 5.32 Å². The van der Waals surface area contributed by atoms with E-state index in [0.717, 1.165) is 11.1 Å². The van der Waals surface area contributed by atoms with Crippen LogP contribution in [0.2, 0.25) is 0 Å². The van der Waals surface area contributed by atoms with Gasteiger partial charge >= 0.3 is 0 Å². The molecule has 6 nitrogen and oxygen atoms in total. The molecule has 144 valence electrons. The quantitative estimate of drug-likeness (QED) is 0.415. The number of carbonyl (C=O) groups is 2. The monoisotopic (exact) mass is 460 g/mol. The first-order valence-electron chi connectivity index (χ1n) is 8.27. The summed E-state index contributed by atoms with van der Waals surface area (Å²) in [7, 11) is 1.42. The van der Waals surface area contributed by atoms with E-state index in [-0.39, 0.29) is 22.2 Å². The van der Waals surface area contributed by atoms with Crippen molar-refractivity contribution < 1.29 is 19.4 Å². The van der Waals surface area contributed by atoms with Crippen LogP contribution in [-0.4, -0.2) is 29.1 Å². The van der Waals surface area contributed by atoms with Gasteiger partial charge in [-0.2, -0.15) is 0 Å². The molecule has 0 aliphatic carbocycles. The lowest BCUT2D eigenvalue weighted by Gasteiger charge is -2.29. The van der Waals surface area contributed by atoms with Gasteiger partial charge in [-0.05, 0) is 73.1 Å². The minimum atomic E-state index is -0.588. The fourth-order valence-corrected chi connectivity index (χ4v) is 3.69. The topological polar surface area (TPSA) is 78.9 Å². The SMILES string of the molecule is COc1cc(/C=C2\C(=O)NC(=S)N(c3cc(C)cc(C)c3)C2=O)c(Br)cc1O. The van der Waals surface area contributed by atoms with Crippen LogP contribution < -0.4 is 15.0 Å². The summed E-state index contributed by atoms with van der Waals surface area (Å²) in [5.41, 5.74) is 2.95. The zero-order valence-electron chi connectivity index (χ0n) is 15.4. The molecule has 2 aromatic carbocycles. The molecule has 2 aromatic rings. The van der Waals surface area contributed by atoms with Crippen LogP contribution in [0.3, 0.4) is 0 Å². The first-order chi connectivity index (χ1) is 13.2. The number of nitrogens with one attached hydrogen (secondary N) is 1. The summed E-state index contributed by atoms with van der Waals surface area (Å²) in [6.07, 6.45) is 1.43. The van der Waals surface area contributed by atoms with Crippen LogP contribution in [-0.2, 0) is 9.59 Å². The summed E-state index contributed by atoms with van der Waals surface area (Å²) in [5, 5.41) is 12.4. The second-order valence-electron chi connectivity index (χ2n) is 6.35. The van der Waals surface area contributed by atoms with Gasteiger partial charge < -0.3 is 9.84 Å². The maximum atomic E-state index is 13.1. The van der Waals surface area contributed by atoms with Crippen LogP contribution in [0.15, 0.2) is 40.4 Å². The maximum absolute atomic E-state index is 13.1. The third kappa shape index (κ3) is 3.79. The van der Waals surface area contributed by atoms with E-state index in [1.807, 2.05) is 32.0 Å². The van der Waals surface area contributed by atoms with Gasteiger partial charge in [-0.1, -0.05) is 22.0 Å². The highest BCUT2D eigenvalue weighted by molar-refractivity contribution is 9.10. The summed E-state index contributed by atoms with van der Waals surface area (Å²) in [5.74, 6) is -0.957. The van der Waals surface area contributed by atoms with Gasteiger partial charge in [0.1, 0.15) is 5.57 Å². The minimum absolute atomic E-state index is 0.0273. The number of aromatic hydroxyl groups is 1. The molecule has 1 heterocycles. The van der Waals surface area contributed by atoms with Crippen LogP contribution in [0.1, 0.15) is 16.7 Å². The third-order valence-corrected chi connectivity index (χ3v) is 5.14. The highest BCUT2D eigenvalue weighted by atomic mass is 79.9. The van der Waals surface area contributed by atoms with Gasteiger partial charge in [0.25, 0.3) is 11.8 Å². The molecule has 2 N–H and O–H groups in total. The van der Waals surface area contributed by atoms with Gasteiger partial charge in [-0.25, -0.2) is 0 Å². The van der Waals surface area contributed by atoms with Crippen molar-refractivity contribution in [3.8, 4) is 11.5 Å². The lowest BCUT2D eigenvalue weighted by Crippen LogP contribution is -2.54. The van der Waals surface area contributed by atoms with Crippen molar-refractivity contribution in [3.05, 3.63) is 57.1 Å². The fourth-order valence-electron chi connectivity index (χ4n) is 2.96. The largest absolute Gasteiger partial charge is 0.504 e. The maximum Gasteiger partial charge on any atom is 0.270 e. The van der Waals surface area contributed by atoms with Crippen molar-refractivity contribution in [2.45, 2.75) is 13.8 Å². The normalized spacial score (nSPS) is 15.8. The van der Waals surface area contributed by atoms with E-state index in [2.05, 4.69) is 21.2 Å². The van der Waals surface area contributed by atoms with Crippen molar-refractivity contribution in [2.24, 2.45) is 0 Å². The number of rotatable bonds is 3. The summed E-state index contributed by atoms with van der Waals surface area (Å²) in [6.45, 7) is 3.84.